The number of benzene rings is 1. The molecule has 1 N–H and O–H groups in total. The maximum atomic E-state index is 13.4. The second kappa shape index (κ2) is 6.51. The Balaban J connectivity index is 1.96. The zero-order chi connectivity index (χ0) is 13.8. The van der Waals surface area contributed by atoms with Crippen LogP contribution in [0, 0.1) is 5.82 Å². The molecule has 0 bridgehead atoms. The van der Waals surface area contributed by atoms with Crippen LogP contribution in [-0.4, -0.2) is 6.04 Å². The monoisotopic (exact) mass is 297 g/mol. The Labute approximate surface area is 122 Å². The number of halogens is 2. The maximum Gasteiger partial charge on any atom is 0.142 e. The summed E-state index contributed by atoms with van der Waals surface area (Å²) in [5.41, 5.74) is 2.25. The maximum absolute atomic E-state index is 13.4. The van der Waals surface area contributed by atoms with Crippen molar-refractivity contribution in [1.82, 2.24) is 5.32 Å². The first kappa shape index (κ1) is 14.5. The Morgan fingerprint density at radius 2 is 2.11 bits per heavy atom. The Morgan fingerprint density at radius 1 is 1.32 bits per heavy atom. The lowest BCUT2D eigenvalue weighted by Crippen LogP contribution is -2.30. The number of hydrogen-bond donors (Lipinski definition) is 1. The normalized spacial score (nSPS) is 14.3. The molecule has 0 fully saturated rings. The lowest BCUT2D eigenvalue weighted by molar-refractivity contribution is 0.475. The smallest absolute Gasteiger partial charge is 0.142 e. The highest BCUT2D eigenvalue weighted by molar-refractivity contribution is 7.07. The van der Waals surface area contributed by atoms with E-state index >= 15 is 0 Å². The van der Waals surface area contributed by atoms with Crippen LogP contribution in [-0.2, 0) is 6.42 Å². The summed E-state index contributed by atoms with van der Waals surface area (Å²) in [7, 11) is 0. The van der Waals surface area contributed by atoms with Gasteiger partial charge in [0.1, 0.15) is 5.82 Å². The van der Waals surface area contributed by atoms with Gasteiger partial charge in [0, 0.05) is 12.1 Å². The largest absolute Gasteiger partial charge is 0.307 e. The first-order valence-corrected chi connectivity index (χ1v) is 7.60. The van der Waals surface area contributed by atoms with Crippen LogP contribution < -0.4 is 5.32 Å². The van der Waals surface area contributed by atoms with E-state index in [-0.39, 0.29) is 16.9 Å². The second-order valence-corrected chi connectivity index (χ2v) is 5.99. The van der Waals surface area contributed by atoms with Gasteiger partial charge < -0.3 is 5.32 Å². The van der Waals surface area contributed by atoms with E-state index in [1.54, 1.807) is 17.4 Å². The van der Waals surface area contributed by atoms with Gasteiger partial charge >= 0.3 is 0 Å². The van der Waals surface area contributed by atoms with E-state index in [1.807, 2.05) is 13.0 Å². The van der Waals surface area contributed by atoms with Crippen LogP contribution in [0.3, 0.4) is 0 Å². The molecule has 19 heavy (non-hydrogen) atoms. The standard InChI is InChI=1S/C15H17ClFNS/c1-10(7-12-5-6-19-9-12)18-11(2)13-3-4-14(16)15(17)8-13/h3-6,8-11,18H,7H2,1-2H3. The van der Waals surface area contributed by atoms with Gasteiger partial charge in [0.25, 0.3) is 0 Å². The van der Waals surface area contributed by atoms with Crippen LogP contribution in [0.5, 0.6) is 0 Å². The minimum absolute atomic E-state index is 0.0976. The van der Waals surface area contributed by atoms with E-state index in [2.05, 4.69) is 29.1 Å². The SMILES string of the molecule is CC(Cc1ccsc1)NC(C)c1ccc(Cl)c(F)c1. The third kappa shape index (κ3) is 4.03. The van der Waals surface area contributed by atoms with Gasteiger partial charge in [0.15, 0.2) is 0 Å². The third-order valence-corrected chi connectivity index (χ3v) is 4.14. The van der Waals surface area contributed by atoms with Gasteiger partial charge in [-0.3, -0.25) is 0 Å². The van der Waals surface area contributed by atoms with Crippen LogP contribution >= 0.6 is 22.9 Å². The molecular formula is C15H17ClFNS. The van der Waals surface area contributed by atoms with Crippen molar-refractivity contribution in [3.8, 4) is 0 Å². The Bertz CT molecular complexity index is 527. The molecule has 1 heterocycles. The predicted molar refractivity (Wildman–Crippen MR) is 80.4 cm³/mol. The van der Waals surface area contributed by atoms with Crippen molar-refractivity contribution in [3.63, 3.8) is 0 Å². The van der Waals surface area contributed by atoms with E-state index < -0.39 is 0 Å². The molecule has 0 amide bonds. The third-order valence-electron chi connectivity index (χ3n) is 3.10. The first-order chi connectivity index (χ1) is 9.06. The van der Waals surface area contributed by atoms with Crippen LogP contribution in [0.25, 0.3) is 0 Å². The van der Waals surface area contributed by atoms with Gasteiger partial charge in [0.05, 0.1) is 5.02 Å². The lowest BCUT2D eigenvalue weighted by atomic mass is 10.1. The molecule has 0 spiro atoms. The van der Waals surface area contributed by atoms with Crippen molar-refractivity contribution < 1.29 is 4.39 Å². The van der Waals surface area contributed by atoms with Gasteiger partial charge in [-0.1, -0.05) is 17.7 Å². The molecule has 0 aliphatic carbocycles. The lowest BCUT2D eigenvalue weighted by Gasteiger charge is -2.20. The molecule has 0 radical (unpaired) electrons. The molecule has 2 atom stereocenters. The van der Waals surface area contributed by atoms with Crippen molar-refractivity contribution in [3.05, 3.63) is 57.0 Å². The second-order valence-electron chi connectivity index (χ2n) is 4.80. The quantitative estimate of drug-likeness (QED) is 0.834. The Morgan fingerprint density at radius 3 is 2.74 bits per heavy atom. The number of hydrogen-bond acceptors (Lipinski definition) is 2. The molecule has 2 unspecified atom stereocenters. The van der Waals surface area contributed by atoms with Gasteiger partial charge in [-0.05, 0) is 60.4 Å². The highest BCUT2D eigenvalue weighted by Crippen LogP contribution is 2.21. The van der Waals surface area contributed by atoms with Crippen LogP contribution in [0.15, 0.2) is 35.0 Å². The molecule has 1 aromatic heterocycles. The van der Waals surface area contributed by atoms with Crippen molar-refractivity contribution in [2.45, 2.75) is 32.4 Å². The van der Waals surface area contributed by atoms with Crippen molar-refractivity contribution in [2.24, 2.45) is 0 Å². The summed E-state index contributed by atoms with van der Waals surface area (Å²) in [6, 6.07) is 7.53. The molecule has 0 saturated heterocycles. The molecule has 4 heteroatoms. The van der Waals surface area contributed by atoms with E-state index in [0.29, 0.717) is 6.04 Å². The minimum atomic E-state index is -0.363. The van der Waals surface area contributed by atoms with Crippen LogP contribution in [0.4, 0.5) is 4.39 Å². The topological polar surface area (TPSA) is 12.0 Å². The van der Waals surface area contributed by atoms with E-state index in [4.69, 9.17) is 11.6 Å². The average molecular weight is 298 g/mol. The summed E-state index contributed by atoms with van der Waals surface area (Å²) in [4.78, 5) is 0. The number of thiophene rings is 1. The van der Waals surface area contributed by atoms with E-state index in [1.165, 1.54) is 11.6 Å². The molecule has 0 aliphatic heterocycles. The predicted octanol–water partition coefficient (Wildman–Crippen LogP) is 4.82. The average Bonchev–Trinajstić information content (AvgIpc) is 2.85. The highest BCUT2D eigenvalue weighted by Gasteiger charge is 2.12. The van der Waals surface area contributed by atoms with Crippen molar-refractivity contribution >= 4 is 22.9 Å². The summed E-state index contributed by atoms with van der Waals surface area (Å²) in [5.74, 6) is -0.363. The van der Waals surface area contributed by atoms with Crippen molar-refractivity contribution in [1.29, 1.82) is 0 Å². The molecule has 2 rings (SSSR count). The highest BCUT2D eigenvalue weighted by atomic mass is 35.5. The molecule has 2 aromatic rings. The Kier molecular flexibility index (Phi) is 4.97. The fourth-order valence-electron chi connectivity index (χ4n) is 2.13. The fraction of sp³-hybridized carbons (Fsp3) is 0.333. The molecule has 1 aromatic carbocycles. The van der Waals surface area contributed by atoms with Gasteiger partial charge in [-0.15, -0.1) is 0 Å². The van der Waals surface area contributed by atoms with Gasteiger partial charge in [0.2, 0.25) is 0 Å². The number of rotatable bonds is 5. The van der Waals surface area contributed by atoms with Crippen molar-refractivity contribution in [2.75, 3.05) is 0 Å². The molecular weight excluding hydrogens is 281 g/mol. The molecule has 102 valence electrons. The summed E-state index contributed by atoms with van der Waals surface area (Å²) < 4.78 is 13.4. The minimum Gasteiger partial charge on any atom is -0.307 e. The Hall–Kier alpha value is -0.900. The van der Waals surface area contributed by atoms with Gasteiger partial charge in [-0.25, -0.2) is 4.39 Å². The molecule has 0 saturated carbocycles. The van der Waals surface area contributed by atoms with Gasteiger partial charge in [-0.2, -0.15) is 11.3 Å². The zero-order valence-corrected chi connectivity index (χ0v) is 12.6. The van der Waals surface area contributed by atoms with E-state index in [0.717, 1.165) is 12.0 Å². The zero-order valence-electron chi connectivity index (χ0n) is 11.0. The van der Waals surface area contributed by atoms with E-state index in [9.17, 15) is 4.39 Å². The fourth-order valence-corrected chi connectivity index (χ4v) is 2.93. The summed E-state index contributed by atoms with van der Waals surface area (Å²) in [5, 5.41) is 7.89. The number of nitrogens with one attached hydrogen (secondary N) is 1. The summed E-state index contributed by atoms with van der Waals surface area (Å²) >= 11 is 7.40. The van der Waals surface area contributed by atoms with Crippen LogP contribution in [0.2, 0.25) is 5.02 Å². The summed E-state index contributed by atoms with van der Waals surface area (Å²) in [6.45, 7) is 4.17. The molecule has 1 nitrogen and oxygen atoms in total. The van der Waals surface area contributed by atoms with Crippen LogP contribution in [0.1, 0.15) is 31.0 Å². The summed E-state index contributed by atoms with van der Waals surface area (Å²) in [6.07, 6.45) is 0.976. The first-order valence-electron chi connectivity index (χ1n) is 6.28. The molecule has 0 aliphatic rings.